The van der Waals surface area contributed by atoms with E-state index >= 15 is 0 Å². The summed E-state index contributed by atoms with van der Waals surface area (Å²) in [5.41, 5.74) is 2.13. The fourth-order valence-corrected chi connectivity index (χ4v) is 3.67. The van der Waals surface area contributed by atoms with Gasteiger partial charge in [-0.1, -0.05) is 19.1 Å². The lowest BCUT2D eigenvalue weighted by molar-refractivity contribution is 0.0944. The predicted molar refractivity (Wildman–Crippen MR) is 113 cm³/mol. The van der Waals surface area contributed by atoms with Gasteiger partial charge < -0.3 is 15.5 Å². The Labute approximate surface area is 176 Å². The number of rotatable bonds is 9. The minimum absolute atomic E-state index is 0.0708. The fraction of sp³-hybridized carbons (Fsp3) is 0.500. The van der Waals surface area contributed by atoms with Gasteiger partial charge in [0.15, 0.2) is 0 Å². The van der Waals surface area contributed by atoms with E-state index in [0.717, 1.165) is 25.2 Å². The average Bonchev–Trinajstić information content (AvgIpc) is 3.26. The first-order chi connectivity index (χ1) is 14.5. The first-order valence-electron chi connectivity index (χ1n) is 10.4. The molecular weight excluding hydrogens is 388 g/mol. The summed E-state index contributed by atoms with van der Waals surface area (Å²) in [6.45, 7) is 6.79. The molecule has 1 aromatic carbocycles. The maximum absolute atomic E-state index is 13.4. The second-order valence-corrected chi connectivity index (χ2v) is 7.59. The Hall–Kier alpha value is -2.61. The summed E-state index contributed by atoms with van der Waals surface area (Å²) < 4.78 is 25.8. The molecular formula is C22H29F2N5O. The zero-order valence-electron chi connectivity index (χ0n) is 17.5. The van der Waals surface area contributed by atoms with Crippen molar-refractivity contribution in [1.29, 1.82) is 0 Å². The van der Waals surface area contributed by atoms with E-state index in [1.165, 1.54) is 25.0 Å². The molecule has 1 aliphatic heterocycles. The number of alkyl halides is 1. The number of anilines is 1. The minimum atomic E-state index is -0.646. The average molecular weight is 418 g/mol. The number of halogens is 2. The van der Waals surface area contributed by atoms with Crippen LogP contribution in [0, 0.1) is 12.7 Å². The van der Waals surface area contributed by atoms with Crippen molar-refractivity contribution in [1.82, 2.24) is 20.2 Å². The first kappa shape index (κ1) is 22.1. The SMILES string of the molecule is Cc1nc(NCCN2CCCC2)c(C(C)c2ccc(F)cc2)nc1C(=O)NCCF. The number of carbonyl (C=O) groups is 1. The van der Waals surface area contributed by atoms with Crippen molar-refractivity contribution in [2.75, 3.05) is 44.7 Å². The van der Waals surface area contributed by atoms with Gasteiger partial charge >= 0.3 is 0 Å². The van der Waals surface area contributed by atoms with Crippen LogP contribution in [0.4, 0.5) is 14.6 Å². The van der Waals surface area contributed by atoms with Gasteiger partial charge in [0.1, 0.15) is 24.0 Å². The standard InChI is InChI=1S/C22H29F2N5O/c1-15(17-5-7-18(24)8-6-17)19-21(25-11-14-29-12-3-4-13-29)27-16(2)20(28-19)22(30)26-10-9-23/h5-8,15H,3-4,9-14H2,1-2H3,(H,25,27)(H,26,30). The van der Waals surface area contributed by atoms with Crippen molar-refractivity contribution >= 4 is 11.7 Å². The lowest BCUT2D eigenvalue weighted by atomic mass is 9.97. The van der Waals surface area contributed by atoms with Gasteiger partial charge in [0.25, 0.3) is 5.91 Å². The molecule has 1 unspecified atom stereocenters. The third-order valence-corrected chi connectivity index (χ3v) is 5.39. The summed E-state index contributed by atoms with van der Waals surface area (Å²) in [5, 5.41) is 5.88. The van der Waals surface area contributed by atoms with Crippen molar-refractivity contribution in [3.63, 3.8) is 0 Å². The van der Waals surface area contributed by atoms with Gasteiger partial charge in [0.05, 0.1) is 11.4 Å². The zero-order chi connectivity index (χ0) is 21.5. The van der Waals surface area contributed by atoms with E-state index in [-0.39, 0.29) is 24.0 Å². The van der Waals surface area contributed by atoms with Gasteiger partial charge in [-0.2, -0.15) is 0 Å². The summed E-state index contributed by atoms with van der Waals surface area (Å²) >= 11 is 0. The molecule has 0 bridgehead atoms. The Morgan fingerprint density at radius 1 is 1.17 bits per heavy atom. The van der Waals surface area contributed by atoms with Crippen LogP contribution >= 0.6 is 0 Å². The summed E-state index contributed by atoms with van der Waals surface area (Å²) in [4.78, 5) is 24.0. The van der Waals surface area contributed by atoms with Crippen LogP contribution in [0.2, 0.25) is 0 Å². The van der Waals surface area contributed by atoms with Gasteiger partial charge in [-0.15, -0.1) is 0 Å². The highest BCUT2D eigenvalue weighted by Crippen LogP contribution is 2.28. The molecule has 1 atom stereocenters. The Balaban J connectivity index is 1.87. The molecule has 162 valence electrons. The Morgan fingerprint density at radius 2 is 1.87 bits per heavy atom. The monoisotopic (exact) mass is 417 g/mol. The summed E-state index contributed by atoms with van der Waals surface area (Å²) in [6, 6.07) is 6.22. The molecule has 0 radical (unpaired) electrons. The molecule has 2 aromatic rings. The van der Waals surface area contributed by atoms with Crippen molar-refractivity contribution in [2.24, 2.45) is 0 Å². The normalized spacial score (nSPS) is 15.2. The topological polar surface area (TPSA) is 70.2 Å². The number of nitrogens with zero attached hydrogens (tertiary/aromatic N) is 3. The summed E-state index contributed by atoms with van der Waals surface area (Å²) in [6.07, 6.45) is 2.46. The molecule has 6 nitrogen and oxygen atoms in total. The van der Waals surface area contributed by atoms with Crippen LogP contribution in [-0.4, -0.2) is 60.2 Å². The second kappa shape index (κ2) is 10.4. The Kier molecular flexibility index (Phi) is 7.68. The van der Waals surface area contributed by atoms with Crippen molar-refractivity contribution in [3.8, 4) is 0 Å². The van der Waals surface area contributed by atoms with Crippen molar-refractivity contribution in [2.45, 2.75) is 32.6 Å². The number of benzene rings is 1. The fourth-order valence-electron chi connectivity index (χ4n) is 3.67. The number of hydrogen-bond acceptors (Lipinski definition) is 5. The largest absolute Gasteiger partial charge is 0.367 e. The maximum Gasteiger partial charge on any atom is 0.271 e. The molecule has 1 amide bonds. The molecule has 1 aromatic heterocycles. The lowest BCUT2D eigenvalue weighted by Gasteiger charge is -2.20. The molecule has 3 rings (SSSR count). The molecule has 0 aliphatic carbocycles. The third-order valence-electron chi connectivity index (χ3n) is 5.39. The number of aryl methyl sites for hydroxylation is 1. The number of nitrogens with one attached hydrogen (secondary N) is 2. The van der Waals surface area contributed by atoms with E-state index in [1.54, 1.807) is 19.1 Å². The van der Waals surface area contributed by atoms with E-state index in [9.17, 15) is 13.6 Å². The van der Waals surface area contributed by atoms with E-state index in [0.29, 0.717) is 23.8 Å². The number of hydrogen-bond donors (Lipinski definition) is 2. The smallest absolute Gasteiger partial charge is 0.271 e. The molecule has 1 saturated heterocycles. The van der Waals surface area contributed by atoms with E-state index in [4.69, 9.17) is 0 Å². The van der Waals surface area contributed by atoms with E-state index in [1.807, 2.05) is 6.92 Å². The van der Waals surface area contributed by atoms with Crippen LogP contribution in [0.15, 0.2) is 24.3 Å². The molecule has 2 heterocycles. The highest BCUT2D eigenvalue weighted by molar-refractivity contribution is 5.93. The van der Waals surface area contributed by atoms with Gasteiger partial charge in [0.2, 0.25) is 0 Å². The summed E-state index contributed by atoms with van der Waals surface area (Å²) in [7, 11) is 0. The highest BCUT2D eigenvalue weighted by atomic mass is 19.1. The van der Waals surface area contributed by atoms with Crippen LogP contribution in [0.1, 0.15) is 53.1 Å². The van der Waals surface area contributed by atoms with Gasteiger partial charge in [-0.25, -0.2) is 18.7 Å². The molecule has 1 aliphatic rings. The molecule has 1 fully saturated rings. The molecule has 8 heteroatoms. The van der Waals surface area contributed by atoms with Crippen LogP contribution in [0.25, 0.3) is 0 Å². The maximum atomic E-state index is 13.4. The second-order valence-electron chi connectivity index (χ2n) is 7.59. The zero-order valence-corrected chi connectivity index (χ0v) is 17.5. The highest BCUT2D eigenvalue weighted by Gasteiger charge is 2.22. The van der Waals surface area contributed by atoms with Gasteiger partial charge in [-0.3, -0.25) is 4.79 Å². The molecule has 0 spiro atoms. The number of amides is 1. The van der Waals surface area contributed by atoms with E-state index in [2.05, 4.69) is 25.5 Å². The van der Waals surface area contributed by atoms with Crippen LogP contribution in [0.5, 0.6) is 0 Å². The third kappa shape index (κ3) is 5.50. The van der Waals surface area contributed by atoms with Gasteiger partial charge in [-0.05, 0) is 50.6 Å². The summed E-state index contributed by atoms with van der Waals surface area (Å²) in [5.74, 6) is -0.351. The lowest BCUT2D eigenvalue weighted by Crippen LogP contribution is -2.29. The van der Waals surface area contributed by atoms with Crippen LogP contribution in [0.3, 0.4) is 0 Å². The van der Waals surface area contributed by atoms with Crippen molar-refractivity contribution in [3.05, 3.63) is 52.7 Å². The number of aromatic nitrogens is 2. The Bertz CT molecular complexity index is 853. The molecule has 0 saturated carbocycles. The Morgan fingerprint density at radius 3 is 2.53 bits per heavy atom. The molecule has 30 heavy (non-hydrogen) atoms. The number of likely N-dealkylation sites (tertiary alicyclic amines) is 1. The predicted octanol–water partition coefficient (Wildman–Crippen LogP) is 3.28. The quantitative estimate of drug-likeness (QED) is 0.655. The van der Waals surface area contributed by atoms with Crippen molar-refractivity contribution < 1.29 is 13.6 Å². The first-order valence-corrected chi connectivity index (χ1v) is 10.4. The van der Waals surface area contributed by atoms with Crippen LogP contribution < -0.4 is 10.6 Å². The van der Waals surface area contributed by atoms with Gasteiger partial charge in [0, 0.05) is 25.6 Å². The number of carbonyl (C=O) groups excluding carboxylic acids is 1. The van der Waals surface area contributed by atoms with Crippen LogP contribution in [-0.2, 0) is 0 Å². The molecule has 2 N–H and O–H groups in total. The minimum Gasteiger partial charge on any atom is -0.367 e. The van der Waals surface area contributed by atoms with E-state index < -0.39 is 12.6 Å².